The number of ether oxygens (including phenoxy) is 1. The lowest BCUT2D eigenvalue weighted by molar-refractivity contribution is -0.139. The highest BCUT2D eigenvalue weighted by molar-refractivity contribution is 5.67. The van der Waals surface area contributed by atoms with Gasteiger partial charge < -0.3 is 9.84 Å². The Bertz CT molecular complexity index is 674. The highest BCUT2D eigenvalue weighted by Gasteiger charge is 2.41. The molecule has 1 N–H and O–H groups in total. The van der Waals surface area contributed by atoms with Gasteiger partial charge in [0.05, 0.1) is 19.1 Å². The zero-order valence-corrected chi connectivity index (χ0v) is 14.5. The number of likely N-dealkylation sites (tertiary alicyclic amines) is 1. The van der Waals surface area contributed by atoms with Crippen molar-refractivity contribution in [2.45, 2.75) is 38.6 Å². The number of hydrogen-bond acceptors (Lipinski definition) is 3. The van der Waals surface area contributed by atoms with Crippen molar-refractivity contribution < 1.29 is 14.6 Å². The van der Waals surface area contributed by atoms with E-state index in [1.54, 1.807) is 0 Å². The quantitative estimate of drug-likeness (QED) is 0.838. The topological polar surface area (TPSA) is 49.8 Å². The van der Waals surface area contributed by atoms with E-state index in [4.69, 9.17) is 4.74 Å². The fourth-order valence-corrected chi connectivity index (χ4v) is 3.66. The summed E-state index contributed by atoms with van der Waals surface area (Å²) in [6, 6.07) is 20.1. The van der Waals surface area contributed by atoms with Gasteiger partial charge in [0.25, 0.3) is 0 Å². The van der Waals surface area contributed by atoms with Gasteiger partial charge in [-0.25, -0.2) is 0 Å². The minimum absolute atomic E-state index is 0.0694. The fraction of sp³-hybridized carbons (Fsp3) is 0.381. The van der Waals surface area contributed by atoms with Crippen molar-refractivity contribution in [1.82, 2.24) is 4.90 Å². The van der Waals surface area contributed by atoms with Crippen LogP contribution in [0.5, 0.6) is 0 Å². The summed E-state index contributed by atoms with van der Waals surface area (Å²) < 4.78 is 6.18. The molecule has 0 unspecified atom stereocenters. The van der Waals surface area contributed by atoms with Gasteiger partial charge in [-0.2, -0.15) is 0 Å². The van der Waals surface area contributed by atoms with Gasteiger partial charge in [0.15, 0.2) is 0 Å². The molecule has 1 heterocycles. The van der Waals surface area contributed by atoms with Crippen LogP contribution in [0.4, 0.5) is 0 Å². The van der Waals surface area contributed by atoms with Gasteiger partial charge in [-0.1, -0.05) is 67.6 Å². The molecule has 3 atom stereocenters. The standard InChI is InChI=1S/C21H25NO3/c1-16-13-22(14-17-8-4-2-5-9-17)19(12-20(23)24)21(16)25-15-18-10-6-3-7-11-18/h2-11,16,19,21H,12-15H2,1H3,(H,23,24)/t16-,19-,21+/m1/s1. The molecule has 1 saturated heterocycles. The molecular formula is C21H25NO3. The molecule has 0 aliphatic carbocycles. The molecular weight excluding hydrogens is 314 g/mol. The number of carbonyl (C=O) groups is 1. The van der Waals surface area contributed by atoms with Crippen LogP contribution < -0.4 is 0 Å². The van der Waals surface area contributed by atoms with Crippen LogP contribution in [0.1, 0.15) is 24.5 Å². The Labute approximate surface area is 149 Å². The van der Waals surface area contributed by atoms with Crippen molar-refractivity contribution in [3.63, 3.8) is 0 Å². The van der Waals surface area contributed by atoms with E-state index < -0.39 is 5.97 Å². The number of rotatable bonds is 7. The van der Waals surface area contributed by atoms with Crippen molar-refractivity contribution in [2.75, 3.05) is 6.54 Å². The van der Waals surface area contributed by atoms with Crippen molar-refractivity contribution in [1.29, 1.82) is 0 Å². The molecule has 0 saturated carbocycles. The summed E-state index contributed by atoms with van der Waals surface area (Å²) in [6.07, 6.45) is 0.0383. The maximum Gasteiger partial charge on any atom is 0.305 e. The number of benzene rings is 2. The first-order valence-corrected chi connectivity index (χ1v) is 8.79. The van der Waals surface area contributed by atoms with E-state index in [0.717, 1.165) is 18.7 Å². The number of aliphatic carboxylic acids is 1. The molecule has 2 aromatic rings. The Hall–Kier alpha value is -2.17. The summed E-state index contributed by atoms with van der Waals surface area (Å²) >= 11 is 0. The molecule has 4 heteroatoms. The minimum Gasteiger partial charge on any atom is -0.481 e. The monoisotopic (exact) mass is 339 g/mol. The van der Waals surface area contributed by atoms with Crippen LogP contribution >= 0.6 is 0 Å². The maximum absolute atomic E-state index is 11.4. The van der Waals surface area contributed by atoms with Gasteiger partial charge in [-0.15, -0.1) is 0 Å². The highest BCUT2D eigenvalue weighted by atomic mass is 16.5. The summed E-state index contributed by atoms with van der Waals surface area (Å²) in [4.78, 5) is 13.7. The predicted molar refractivity (Wildman–Crippen MR) is 97.1 cm³/mol. The Morgan fingerprint density at radius 2 is 1.68 bits per heavy atom. The van der Waals surface area contributed by atoms with Crippen molar-refractivity contribution in [3.8, 4) is 0 Å². The first-order chi connectivity index (χ1) is 12.1. The van der Waals surface area contributed by atoms with Crippen LogP contribution in [0.2, 0.25) is 0 Å². The molecule has 2 aromatic carbocycles. The second kappa shape index (κ2) is 8.28. The second-order valence-corrected chi connectivity index (χ2v) is 6.82. The first kappa shape index (κ1) is 17.6. The molecule has 0 spiro atoms. The first-order valence-electron chi connectivity index (χ1n) is 8.79. The van der Waals surface area contributed by atoms with Crippen molar-refractivity contribution in [3.05, 3.63) is 71.8 Å². The van der Waals surface area contributed by atoms with Crippen LogP contribution in [0, 0.1) is 5.92 Å². The predicted octanol–water partition coefficient (Wildman–Crippen LogP) is 3.57. The van der Waals surface area contributed by atoms with Gasteiger partial charge in [-0.3, -0.25) is 9.69 Å². The molecule has 0 radical (unpaired) electrons. The van der Waals surface area contributed by atoms with E-state index in [1.165, 1.54) is 5.56 Å². The average Bonchev–Trinajstić information content (AvgIpc) is 2.89. The van der Waals surface area contributed by atoms with Gasteiger partial charge >= 0.3 is 5.97 Å². The Kier molecular flexibility index (Phi) is 5.84. The lowest BCUT2D eigenvalue weighted by atomic mass is 10.0. The molecule has 1 aliphatic rings. The van der Waals surface area contributed by atoms with Crippen LogP contribution in [0.3, 0.4) is 0 Å². The van der Waals surface area contributed by atoms with Gasteiger partial charge in [0.1, 0.15) is 0 Å². The van der Waals surface area contributed by atoms with Gasteiger partial charge in [0.2, 0.25) is 0 Å². The largest absolute Gasteiger partial charge is 0.481 e. The van der Waals surface area contributed by atoms with E-state index >= 15 is 0 Å². The number of carboxylic acid groups (broad SMARTS) is 1. The zero-order chi connectivity index (χ0) is 17.6. The molecule has 0 aromatic heterocycles. The smallest absolute Gasteiger partial charge is 0.305 e. The number of nitrogens with zero attached hydrogens (tertiary/aromatic N) is 1. The van der Waals surface area contributed by atoms with E-state index in [-0.39, 0.29) is 18.6 Å². The van der Waals surface area contributed by atoms with E-state index in [9.17, 15) is 9.90 Å². The highest BCUT2D eigenvalue weighted by Crippen LogP contribution is 2.30. The number of carboxylic acids is 1. The van der Waals surface area contributed by atoms with E-state index in [1.807, 2.05) is 48.5 Å². The lowest BCUT2D eigenvalue weighted by Crippen LogP contribution is -2.38. The molecule has 0 amide bonds. The zero-order valence-electron chi connectivity index (χ0n) is 14.5. The summed E-state index contributed by atoms with van der Waals surface area (Å²) in [6.45, 7) is 4.28. The lowest BCUT2D eigenvalue weighted by Gasteiger charge is -2.27. The van der Waals surface area contributed by atoms with Gasteiger partial charge in [-0.05, 0) is 17.0 Å². The molecule has 3 rings (SSSR count). The molecule has 25 heavy (non-hydrogen) atoms. The van der Waals surface area contributed by atoms with Crippen molar-refractivity contribution >= 4 is 5.97 Å². The molecule has 0 bridgehead atoms. The third kappa shape index (κ3) is 4.68. The maximum atomic E-state index is 11.4. The summed E-state index contributed by atoms with van der Waals surface area (Å²) in [5.41, 5.74) is 2.32. The van der Waals surface area contributed by atoms with Crippen LogP contribution in [-0.2, 0) is 22.7 Å². The summed E-state index contributed by atoms with van der Waals surface area (Å²) in [5.74, 6) is -0.470. The van der Waals surface area contributed by atoms with Crippen LogP contribution in [0.15, 0.2) is 60.7 Å². The van der Waals surface area contributed by atoms with Crippen molar-refractivity contribution in [2.24, 2.45) is 5.92 Å². The van der Waals surface area contributed by atoms with Crippen LogP contribution in [-0.4, -0.2) is 34.7 Å². The summed E-state index contributed by atoms with van der Waals surface area (Å²) in [7, 11) is 0. The second-order valence-electron chi connectivity index (χ2n) is 6.82. The fourth-order valence-electron chi connectivity index (χ4n) is 3.66. The minimum atomic E-state index is -0.773. The third-order valence-electron chi connectivity index (χ3n) is 4.83. The third-order valence-corrected chi connectivity index (χ3v) is 4.83. The normalized spacial score (nSPS) is 23.6. The van der Waals surface area contributed by atoms with E-state index in [2.05, 4.69) is 24.0 Å². The van der Waals surface area contributed by atoms with Gasteiger partial charge in [0, 0.05) is 19.1 Å². The van der Waals surface area contributed by atoms with E-state index in [0.29, 0.717) is 12.5 Å². The molecule has 4 nitrogen and oxygen atoms in total. The average molecular weight is 339 g/mol. The Morgan fingerprint density at radius 3 is 2.28 bits per heavy atom. The SMILES string of the molecule is C[C@@H]1CN(Cc2ccccc2)[C@H](CC(=O)O)[C@H]1OCc1ccccc1. The molecule has 1 fully saturated rings. The molecule has 1 aliphatic heterocycles. The molecule has 132 valence electrons. The number of hydrogen-bond donors (Lipinski definition) is 1. The summed E-state index contributed by atoms with van der Waals surface area (Å²) in [5, 5.41) is 9.36. The van der Waals surface area contributed by atoms with Crippen LogP contribution in [0.25, 0.3) is 0 Å². The Morgan fingerprint density at radius 1 is 1.08 bits per heavy atom. The Balaban J connectivity index is 1.70.